The molecule has 0 aromatic heterocycles. The fraction of sp³-hybridized carbons (Fsp3) is 0.750. The molecule has 0 spiro atoms. The maximum atomic E-state index is 11.8. The van der Waals surface area contributed by atoms with Gasteiger partial charge >= 0.3 is 0 Å². The van der Waals surface area contributed by atoms with Crippen LogP contribution in [0, 0.1) is 22.7 Å². The van der Waals surface area contributed by atoms with Gasteiger partial charge in [-0.25, -0.2) is 0 Å². The molecule has 2 N–H and O–H groups in total. The molecule has 0 fully saturated rings. The average Bonchev–Trinajstić information content (AvgIpc) is 2.28. The lowest BCUT2D eigenvalue weighted by molar-refractivity contribution is -0.131. The number of nitrogens with two attached hydrogens (primary N) is 1. The van der Waals surface area contributed by atoms with Crippen molar-refractivity contribution in [1.82, 2.24) is 4.90 Å². The Hall–Kier alpha value is -1.59. The highest BCUT2D eigenvalue weighted by atomic mass is 16.2. The number of rotatable bonds is 8. The molecule has 0 aliphatic carbocycles. The zero-order valence-corrected chi connectivity index (χ0v) is 10.4. The second kappa shape index (κ2) is 9.62. The molecule has 94 valence electrons. The molecule has 17 heavy (non-hydrogen) atoms. The summed E-state index contributed by atoms with van der Waals surface area (Å²) in [6.45, 7) is 2.73. The van der Waals surface area contributed by atoms with E-state index in [1.807, 2.05) is 19.1 Å². The number of amides is 1. The third kappa shape index (κ3) is 8.24. The van der Waals surface area contributed by atoms with E-state index < -0.39 is 0 Å². The Bertz CT molecular complexity index is 283. The van der Waals surface area contributed by atoms with Crippen LogP contribution in [0.3, 0.4) is 0 Å². The molecule has 0 rings (SSSR count). The summed E-state index contributed by atoms with van der Waals surface area (Å²) in [5, 5.41) is 17.0. The lowest BCUT2D eigenvalue weighted by Crippen LogP contribution is -2.32. The van der Waals surface area contributed by atoms with Crippen LogP contribution < -0.4 is 5.73 Å². The van der Waals surface area contributed by atoms with Crippen LogP contribution in [0.5, 0.6) is 0 Å². The highest BCUT2D eigenvalue weighted by Crippen LogP contribution is 2.04. The van der Waals surface area contributed by atoms with Gasteiger partial charge in [-0.1, -0.05) is 0 Å². The molecule has 0 aromatic carbocycles. The zero-order chi connectivity index (χ0) is 13.1. The van der Waals surface area contributed by atoms with Crippen molar-refractivity contribution in [2.24, 2.45) is 5.73 Å². The van der Waals surface area contributed by atoms with Crippen molar-refractivity contribution in [2.75, 3.05) is 13.1 Å². The van der Waals surface area contributed by atoms with E-state index >= 15 is 0 Å². The second-order valence-electron chi connectivity index (χ2n) is 4.07. The van der Waals surface area contributed by atoms with Gasteiger partial charge in [-0.2, -0.15) is 10.5 Å². The van der Waals surface area contributed by atoms with Crippen molar-refractivity contribution in [3.8, 4) is 12.1 Å². The van der Waals surface area contributed by atoms with E-state index in [2.05, 4.69) is 0 Å². The molecule has 5 heteroatoms. The topological polar surface area (TPSA) is 93.9 Å². The van der Waals surface area contributed by atoms with Crippen LogP contribution in [0.1, 0.15) is 39.0 Å². The molecule has 1 atom stereocenters. The van der Waals surface area contributed by atoms with E-state index in [0.29, 0.717) is 32.4 Å². The van der Waals surface area contributed by atoms with Crippen LogP contribution in [-0.4, -0.2) is 29.9 Å². The highest BCUT2D eigenvalue weighted by molar-refractivity contribution is 5.76. The summed E-state index contributed by atoms with van der Waals surface area (Å²) in [5.41, 5.74) is 5.60. The Morgan fingerprint density at radius 2 is 1.82 bits per heavy atom. The van der Waals surface area contributed by atoms with Gasteiger partial charge in [0.1, 0.15) is 0 Å². The van der Waals surface area contributed by atoms with Crippen molar-refractivity contribution in [3.63, 3.8) is 0 Å². The van der Waals surface area contributed by atoms with Crippen LogP contribution >= 0.6 is 0 Å². The molecule has 1 amide bonds. The first-order valence-electron chi connectivity index (χ1n) is 5.89. The summed E-state index contributed by atoms with van der Waals surface area (Å²) in [6, 6.07) is 4.12. The van der Waals surface area contributed by atoms with E-state index in [1.54, 1.807) is 4.90 Å². The van der Waals surface area contributed by atoms with Crippen LogP contribution in [0.2, 0.25) is 0 Å². The van der Waals surface area contributed by atoms with Crippen molar-refractivity contribution in [1.29, 1.82) is 10.5 Å². The van der Waals surface area contributed by atoms with Crippen molar-refractivity contribution in [3.05, 3.63) is 0 Å². The Morgan fingerprint density at radius 1 is 1.29 bits per heavy atom. The monoisotopic (exact) mass is 236 g/mol. The van der Waals surface area contributed by atoms with Crippen LogP contribution in [0.15, 0.2) is 0 Å². The lowest BCUT2D eigenvalue weighted by atomic mass is 10.1. The van der Waals surface area contributed by atoms with Crippen molar-refractivity contribution >= 4 is 5.91 Å². The molecule has 0 saturated carbocycles. The van der Waals surface area contributed by atoms with Crippen molar-refractivity contribution in [2.45, 2.75) is 45.1 Å². The Labute approximate surface area is 103 Å². The summed E-state index contributed by atoms with van der Waals surface area (Å²) in [4.78, 5) is 13.4. The number of hydrogen-bond acceptors (Lipinski definition) is 4. The molecule has 0 radical (unpaired) electrons. The summed E-state index contributed by atoms with van der Waals surface area (Å²) >= 11 is 0. The maximum absolute atomic E-state index is 11.8. The normalized spacial score (nSPS) is 11.3. The number of carbonyl (C=O) groups is 1. The standard InChI is InChI=1S/C12H20N4O/c1-11(15)5-2-6-12(17)16(9-3-7-13)10-4-8-14/h11H,2-6,9-10,15H2,1H3. The molecule has 0 heterocycles. The molecule has 0 aliphatic rings. The van der Waals surface area contributed by atoms with E-state index in [0.717, 1.165) is 12.8 Å². The maximum Gasteiger partial charge on any atom is 0.222 e. The Balaban J connectivity index is 4.04. The summed E-state index contributed by atoms with van der Waals surface area (Å²) in [7, 11) is 0. The van der Waals surface area contributed by atoms with E-state index in [-0.39, 0.29) is 11.9 Å². The fourth-order valence-corrected chi connectivity index (χ4v) is 1.46. The third-order valence-electron chi connectivity index (χ3n) is 2.39. The fourth-order valence-electron chi connectivity index (χ4n) is 1.46. The van der Waals surface area contributed by atoms with Gasteiger partial charge in [-0.3, -0.25) is 4.79 Å². The first-order chi connectivity index (χ1) is 8.11. The summed E-state index contributed by atoms with van der Waals surface area (Å²) in [5.74, 6) is 0.0103. The molecule has 0 bridgehead atoms. The van der Waals surface area contributed by atoms with E-state index in [4.69, 9.17) is 16.3 Å². The number of carbonyl (C=O) groups excluding carboxylic acids is 1. The van der Waals surface area contributed by atoms with Gasteiger partial charge < -0.3 is 10.6 Å². The van der Waals surface area contributed by atoms with Gasteiger partial charge in [0.15, 0.2) is 0 Å². The van der Waals surface area contributed by atoms with Crippen molar-refractivity contribution < 1.29 is 4.79 Å². The number of nitriles is 2. The van der Waals surface area contributed by atoms with Gasteiger partial charge in [0.25, 0.3) is 0 Å². The molecular weight excluding hydrogens is 216 g/mol. The molecule has 0 aromatic rings. The summed E-state index contributed by atoms with van der Waals surface area (Å²) < 4.78 is 0. The van der Waals surface area contributed by atoms with E-state index in [9.17, 15) is 4.79 Å². The minimum atomic E-state index is 0.0103. The smallest absolute Gasteiger partial charge is 0.222 e. The van der Waals surface area contributed by atoms with Gasteiger partial charge in [0.05, 0.1) is 25.0 Å². The predicted molar refractivity (Wildman–Crippen MR) is 64.5 cm³/mol. The van der Waals surface area contributed by atoms with Crippen LogP contribution in [0.25, 0.3) is 0 Å². The second-order valence-corrected chi connectivity index (χ2v) is 4.07. The molecule has 5 nitrogen and oxygen atoms in total. The highest BCUT2D eigenvalue weighted by Gasteiger charge is 2.12. The quantitative estimate of drug-likeness (QED) is 0.684. The third-order valence-corrected chi connectivity index (χ3v) is 2.39. The number of nitrogens with zero attached hydrogens (tertiary/aromatic N) is 3. The Morgan fingerprint density at radius 3 is 2.24 bits per heavy atom. The first kappa shape index (κ1) is 15.4. The minimum absolute atomic E-state index is 0.0103. The van der Waals surface area contributed by atoms with Gasteiger partial charge in [-0.05, 0) is 19.8 Å². The predicted octanol–water partition coefficient (Wildman–Crippen LogP) is 1.16. The molecule has 0 saturated heterocycles. The minimum Gasteiger partial charge on any atom is -0.341 e. The van der Waals surface area contributed by atoms with Gasteiger partial charge in [0.2, 0.25) is 5.91 Å². The van der Waals surface area contributed by atoms with Gasteiger partial charge in [-0.15, -0.1) is 0 Å². The zero-order valence-electron chi connectivity index (χ0n) is 10.4. The Kier molecular flexibility index (Phi) is 8.72. The lowest BCUT2D eigenvalue weighted by Gasteiger charge is -2.20. The molecular formula is C12H20N4O. The average molecular weight is 236 g/mol. The molecule has 1 unspecified atom stereocenters. The van der Waals surface area contributed by atoms with E-state index in [1.165, 1.54) is 0 Å². The largest absolute Gasteiger partial charge is 0.341 e. The number of hydrogen-bond donors (Lipinski definition) is 1. The SMILES string of the molecule is CC(N)CCCC(=O)N(CCC#N)CCC#N. The van der Waals surface area contributed by atoms with Crippen LogP contribution in [0.4, 0.5) is 0 Å². The summed E-state index contributed by atoms with van der Waals surface area (Å²) in [6.07, 6.45) is 2.63. The first-order valence-corrected chi connectivity index (χ1v) is 5.89. The molecule has 0 aliphatic heterocycles. The van der Waals surface area contributed by atoms with Crippen LogP contribution in [-0.2, 0) is 4.79 Å². The van der Waals surface area contributed by atoms with Gasteiger partial charge in [0, 0.05) is 25.6 Å².